The van der Waals surface area contributed by atoms with Crippen LogP contribution in [0.4, 0.5) is 14.0 Å². The van der Waals surface area contributed by atoms with Crippen LogP contribution in [0.1, 0.15) is 86.8 Å². The number of rotatable bonds is 21. The van der Waals surface area contributed by atoms with Gasteiger partial charge in [-0.25, -0.2) is 14.0 Å². The van der Waals surface area contributed by atoms with Gasteiger partial charge in [-0.1, -0.05) is 140 Å². The molecule has 4 aromatic rings. The highest BCUT2D eigenvalue weighted by Gasteiger charge is 2.57. The number of ether oxygens (including phenoxy) is 10. The third-order valence-corrected chi connectivity index (χ3v) is 17.3. The van der Waals surface area contributed by atoms with Crippen molar-refractivity contribution in [3.8, 4) is 0 Å². The van der Waals surface area contributed by atoms with Crippen LogP contribution in [0.2, 0.25) is 0 Å². The second kappa shape index (κ2) is 29.2. The van der Waals surface area contributed by atoms with Crippen molar-refractivity contribution in [1.29, 1.82) is 0 Å². The van der Waals surface area contributed by atoms with Crippen LogP contribution in [-0.2, 0) is 65.4 Å². The number of nitrogens with zero attached hydrogens (tertiary/aromatic N) is 3. The van der Waals surface area contributed by atoms with Crippen molar-refractivity contribution in [3.63, 3.8) is 0 Å². The summed E-state index contributed by atoms with van der Waals surface area (Å²) in [4.78, 5) is 43.7. The van der Waals surface area contributed by atoms with Crippen molar-refractivity contribution < 1.29 is 91.7 Å². The number of azide groups is 1. The average molecular weight is 1200 g/mol. The molecule has 2 amide bonds. The normalized spacial score (nSPS) is 35.7. The maximum atomic E-state index is 15.2. The highest BCUT2D eigenvalue weighted by atomic mass is 19.1. The molecule has 6 fully saturated rings. The minimum atomic E-state index is -1.82. The summed E-state index contributed by atoms with van der Waals surface area (Å²) in [5, 5.41) is 69.0. The predicted molar refractivity (Wildman–Crippen MR) is 300 cm³/mol. The van der Waals surface area contributed by atoms with Crippen LogP contribution in [0.5, 0.6) is 0 Å². The molecule has 0 bridgehead atoms. The van der Waals surface area contributed by atoms with E-state index in [1.807, 2.05) is 72.8 Å². The van der Waals surface area contributed by atoms with Crippen molar-refractivity contribution >= 4 is 18.0 Å². The van der Waals surface area contributed by atoms with Crippen molar-refractivity contribution in [3.05, 3.63) is 154 Å². The molecular weight excluding hydrogens is 1120 g/mol. The van der Waals surface area contributed by atoms with E-state index in [-0.39, 0.29) is 26.1 Å². The lowest BCUT2D eigenvalue weighted by atomic mass is 9.73. The highest BCUT2D eigenvalue weighted by molar-refractivity contribution is 5.81. The fourth-order valence-electron chi connectivity index (χ4n) is 12.6. The van der Waals surface area contributed by atoms with Gasteiger partial charge in [0.1, 0.15) is 86.1 Å². The Morgan fingerprint density at radius 1 is 0.628 bits per heavy atom. The molecule has 86 heavy (non-hydrogen) atoms. The number of carbonyl (C=O) groups excluding carboxylic acids is 3. The van der Waals surface area contributed by atoms with Crippen LogP contribution in [0.25, 0.3) is 10.4 Å². The summed E-state index contributed by atoms with van der Waals surface area (Å²) in [6.07, 6.45) is -23.2. The lowest BCUT2D eigenvalue weighted by Gasteiger charge is -2.51. The van der Waals surface area contributed by atoms with Crippen molar-refractivity contribution in [1.82, 2.24) is 10.6 Å². The van der Waals surface area contributed by atoms with Gasteiger partial charge in [-0.05, 0) is 71.7 Å². The van der Waals surface area contributed by atoms with Gasteiger partial charge in [0.05, 0.1) is 49.8 Å². The fourth-order valence-corrected chi connectivity index (χ4v) is 12.6. The van der Waals surface area contributed by atoms with Crippen LogP contribution in [0.3, 0.4) is 0 Å². The van der Waals surface area contributed by atoms with E-state index in [0.717, 1.165) is 11.1 Å². The number of aliphatic hydroxyl groups excluding tert-OH is 5. The quantitative estimate of drug-likeness (QED) is 0.0282. The molecule has 5 heterocycles. The SMILES string of the molecule is C[C@H](C(=O)C[C@@H]1C[C@H](C)[C@@H](O[C@H]2O[C@@H]3CCC(c4ccccc4)O[C@H]3[C@@H](O)[C@H]2NC(=O)OCc2ccccc2)[C@H](O[C@@H]2O[C@H](CO)[C@@H](O[C@H]3O[C@H]4CCC(c5ccccc5)O[C@H]4[C@H](O)[C@H]3NC(=O)OCc3ccccc3)[C@H]2O)[C@H]1O)[C@H](F)CN=[N+]=[N-]. The first-order chi connectivity index (χ1) is 41.7. The number of benzene rings is 4. The summed E-state index contributed by atoms with van der Waals surface area (Å²) < 4.78 is 78.7. The highest BCUT2D eigenvalue weighted by Crippen LogP contribution is 2.44. The number of Topliss-reactive ketones (excluding diaryl/α,β-unsaturated/α-hetero) is 1. The molecule has 23 atom stereocenters. The molecule has 6 aliphatic rings. The summed E-state index contributed by atoms with van der Waals surface area (Å²) in [7, 11) is 0. The van der Waals surface area contributed by atoms with Gasteiger partial charge in [0, 0.05) is 17.3 Å². The van der Waals surface area contributed by atoms with Gasteiger partial charge < -0.3 is 83.5 Å². The summed E-state index contributed by atoms with van der Waals surface area (Å²) in [5.74, 6) is -3.41. The second-order valence-electron chi connectivity index (χ2n) is 23.1. The maximum Gasteiger partial charge on any atom is 0.407 e. The lowest BCUT2D eigenvalue weighted by Crippen LogP contribution is -2.67. The van der Waals surface area contributed by atoms with E-state index in [0.29, 0.717) is 36.8 Å². The van der Waals surface area contributed by atoms with Crippen LogP contribution >= 0.6 is 0 Å². The molecule has 1 aliphatic carbocycles. The second-order valence-corrected chi connectivity index (χ2v) is 23.1. The number of alkyl halides is 1. The number of alkyl carbamates (subject to hydrolysis) is 2. The molecule has 4 aromatic carbocycles. The zero-order chi connectivity index (χ0) is 60.4. The van der Waals surface area contributed by atoms with Gasteiger partial charge >= 0.3 is 12.2 Å². The van der Waals surface area contributed by atoms with Crippen LogP contribution in [0.15, 0.2) is 126 Å². The first kappa shape index (κ1) is 62.8. The largest absolute Gasteiger partial charge is 0.445 e. The van der Waals surface area contributed by atoms with Crippen LogP contribution < -0.4 is 10.6 Å². The molecule has 23 nitrogen and oxygen atoms in total. The average Bonchev–Trinajstić information content (AvgIpc) is 1.77. The molecule has 464 valence electrons. The van der Waals surface area contributed by atoms with E-state index in [1.165, 1.54) is 6.92 Å². The Balaban J connectivity index is 0.910. The number of halogens is 1. The molecule has 10 rings (SSSR count). The number of nitrogens with one attached hydrogen (secondary N) is 2. The summed E-state index contributed by atoms with van der Waals surface area (Å²) in [6.45, 7) is 1.52. The zero-order valence-electron chi connectivity index (χ0n) is 47.7. The number of aliphatic hydroxyl groups is 5. The van der Waals surface area contributed by atoms with Gasteiger partial charge in [-0.3, -0.25) is 4.79 Å². The molecule has 24 heteroatoms. The third-order valence-electron chi connectivity index (χ3n) is 17.3. The number of amides is 2. The minimum absolute atomic E-state index is 0.0818. The molecule has 2 unspecified atom stereocenters. The molecule has 0 radical (unpaired) electrons. The van der Waals surface area contributed by atoms with Crippen molar-refractivity contribution in [2.24, 2.45) is 22.9 Å². The van der Waals surface area contributed by atoms with Gasteiger partial charge in [0.15, 0.2) is 18.9 Å². The minimum Gasteiger partial charge on any atom is -0.445 e. The van der Waals surface area contributed by atoms with E-state index in [4.69, 9.17) is 52.9 Å². The molecule has 5 saturated heterocycles. The van der Waals surface area contributed by atoms with Gasteiger partial charge in [0.25, 0.3) is 0 Å². The standard InChI is InChI=1S/C62H76FN5O18/c1-33-27-39(28-41(70)34(2)40(63)29-65-68-64)49(71)57(53(33)84-58-47(66-61(75)77-31-35-15-7-3-8-16-35)50(72)54-44(81-58)25-23-42(79-54)37-19-11-5-12-20-37)86-60-52(74)56(46(30-69)83-60)85-59-48(67-62(76)78-32-36-17-9-4-10-18-36)51(73)55-45(82-59)26-24-43(80-55)38-21-13-6-14-22-38/h3-22,33-34,39-40,42-60,69,71-74H,23-32H2,1-2H3,(H,66,75)(H,67,76)/t33-,34-,39-,40+,42?,43?,44+,45-,46+,47+,48+,49-,50-,51+,52+,53+,54+,55+,56+,57+,58+,59+,60-/m0/s1. The number of ketones is 1. The van der Waals surface area contributed by atoms with E-state index >= 15 is 4.39 Å². The maximum absolute atomic E-state index is 15.2. The van der Waals surface area contributed by atoms with Crippen molar-refractivity contribution in [2.75, 3.05) is 13.2 Å². The monoisotopic (exact) mass is 1200 g/mol. The van der Waals surface area contributed by atoms with Crippen LogP contribution in [0, 0.1) is 17.8 Å². The third kappa shape index (κ3) is 14.9. The molecule has 5 aliphatic heterocycles. The zero-order valence-corrected chi connectivity index (χ0v) is 47.7. The fraction of sp³-hybridized carbons (Fsp3) is 0.565. The number of carbonyl (C=O) groups is 3. The Morgan fingerprint density at radius 3 is 1.57 bits per heavy atom. The predicted octanol–water partition coefficient (Wildman–Crippen LogP) is 6.08. The van der Waals surface area contributed by atoms with Gasteiger partial charge in [-0.15, -0.1) is 0 Å². The van der Waals surface area contributed by atoms with Crippen molar-refractivity contribution in [2.45, 2.75) is 188 Å². The smallest absolute Gasteiger partial charge is 0.407 e. The lowest BCUT2D eigenvalue weighted by molar-refractivity contribution is -0.330. The first-order valence-corrected chi connectivity index (χ1v) is 29.5. The summed E-state index contributed by atoms with van der Waals surface area (Å²) in [5.41, 5.74) is 12.0. The van der Waals surface area contributed by atoms with Crippen LogP contribution in [-0.4, -0.2) is 167 Å². The van der Waals surface area contributed by atoms with E-state index in [2.05, 4.69) is 20.7 Å². The molecule has 1 saturated carbocycles. The Labute approximate surface area is 496 Å². The number of fused-ring (bicyclic) bond motifs is 2. The Hall–Kier alpha value is -6.19. The molecule has 0 aromatic heterocycles. The topological polar surface area (TPSA) is 317 Å². The van der Waals surface area contributed by atoms with Gasteiger partial charge in [0.2, 0.25) is 0 Å². The summed E-state index contributed by atoms with van der Waals surface area (Å²) >= 11 is 0. The van der Waals surface area contributed by atoms with E-state index in [1.54, 1.807) is 55.5 Å². The Morgan fingerprint density at radius 2 is 1.09 bits per heavy atom. The number of hydrogen-bond donors (Lipinski definition) is 7. The van der Waals surface area contributed by atoms with Gasteiger partial charge in [-0.2, -0.15) is 0 Å². The summed E-state index contributed by atoms with van der Waals surface area (Å²) in [6, 6.07) is 34.0. The molecule has 7 N–H and O–H groups in total. The molecule has 0 spiro atoms. The van der Waals surface area contributed by atoms with E-state index < -0.39 is 171 Å². The number of hydrogen-bond acceptors (Lipinski definition) is 19. The Bertz CT molecular complexity index is 2870. The first-order valence-electron chi connectivity index (χ1n) is 29.5. The molecular formula is C62H76FN5O18. The Kier molecular flexibility index (Phi) is 21.3. The van der Waals surface area contributed by atoms with E-state index in [9.17, 15) is 39.9 Å².